The summed E-state index contributed by atoms with van der Waals surface area (Å²) in [5, 5.41) is 8.78. The van der Waals surface area contributed by atoms with Gasteiger partial charge in [-0.3, -0.25) is 10.1 Å². The van der Waals surface area contributed by atoms with Crippen molar-refractivity contribution in [2.45, 2.75) is 46.7 Å². The second-order valence-corrected chi connectivity index (χ2v) is 8.00. The molecule has 1 unspecified atom stereocenters. The molecule has 1 aromatic carbocycles. The van der Waals surface area contributed by atoms with Crippen molar-refractivity contribution in [3.8, 4) is 0 Å². The van der Waals surface area contributed by atoms with Crippen molar-refractivity contribution in [2.24, 2.45) is 5.41 Å². The minimum atomic E-state index is -0.544. The second-order valence-electron chi connectivity index (χ2n) is 7.09. The number of hydrogen-bond donors (Lipinski definition) is 2. The first kappa shape index (κ1) is 18.7. The summed E-state index contributed by atoms with van der Waals surface area (Å²) in [6, 6.07) is 12.3. The van der Waals surface area contributed by atoms with Crippen LogP contribution in [0.3, 0.4) is 0 Å². The first-order valence-electron chi connectivity index (χ1n) is 8.44. The van der Waals surface area contributed by atoms with Gasteiger partial charge < -0.3 is 5.32 Å². The van der Waals surface area contributed by atoms with Gasteiger partial charge in [0.05, 0.1) is 0 Å². The van der Waals surface area contributed by atoms with Crippen LogP contribution in [-0.4, -0.2) is 12.5 Å². The number of hydrogen-bond acceptors (Lipinski definition) is 3. The van der Waals surface area contributed by atoms with Crippen LogP contribution in [0.4, 0.5) is 0 Å². The van der Waals surface area contributed by atoms with E-state index in [2.05, 4.69) is 48.1 Å². The third-order valence-electron chi connectivity index (χ3n) is 4.31. The van der Waals surface area contributed by atoms with E-state index in [1.807, 2.05) is 39.0 Å². The number of rotatable bonds is 7. The van der Waals surface area contributed by atoms with Crippen LogP contribution in [0.25, 0.3) is 0 Å². The summed E-state index contributed by atoms with van der Waals surface area (Å²) < 4.78 is 0. The van der Waals surface area contributed by atoms with Crippen molar-refractivity contribution in [3.05, 3.63) is 57.8 Å². The molecule has 2 N–H and O–H groups in total. The van der Waals surface area contributed by atoms with Crippen molar-refractivity contribution >= 4 is 17.2 Å². The van der Waals surface area contributed by atoms with Gasteiger partial charge in [0.1, 0.15) is 5.66 Å². The SMILES string of the molecule is CCNC(C)(NC(=O)C(C)(C)Cc1ccccc1)c1sccc1C. The summed E-state index contributed by atoms with van der Waals surface area (Å²) in [7, 11) is 0. The molecule has 2 rings (SSSR count). The molecule has 0 aliphatic heterocycles. The third kappa shape index (κ3) is 4.25. The lowest BCUT2D eigenvalue weighted by molar-refractivity contribution is -0.131. The minimum absolute atomic E-state index is 0.0580. The summed E-state index contributed by atoms with van der Waals surface area (Å²) in [5.74, 6) is 0.0580. The summed E-state index contributed by atoms with van der Waals surface area (Å²) in [6.07, 6.45) is 0.714. The van der Waals surface area contributed by atoms with Crippen LogP contribution in [0.2, 0.25) is 0 Å². The standard InChI is InChI=1S/C20H28N2OS/c1-6-21-20(5,17-15(2)12-13-24-17)22-18(23)19(3,4)14-16-10-8-7-9-11-16/h7-13,21H,6,14H2,1-5H3,(H,22,23). The molecule has 2 aromatic rings. The zero-order valence-electron chi connectivity index (χ0n) is 15.3. The molecule has 0 aliphatic rings. The lowest BCUT2D eigenvalue weighted by Crippen LogP contribution is -2.57. The van der Waals surface area contributed by atoms with Gasteiger partial charge in [-0.1, -0.05) is 51.1 Å². The highest BCUT2D eigenvalue weighted by Crippen LogP contribution is 2.30. The average Bonchev–Trinajstić information content (AvgIpc) is 2.95. The topological polar surface area (TPSA) is 41.1 Å². The number of benzene rings is 1. The average molecular weight is 345 g/mol. The molecule has 0 fully saturated rings. The zero-order chi connectivity index (χ0) is 17.8. The molecule has 0 saturated carbocycles. The van der Waals surface area contributed by atoms with E-state index in [1.54, 1.807) is 11.3 Å². The van der Waals surface area contributed by atoms with Crippen molar-refractivity contribution < 1.29 is 4.79 Å². The van der Waals surface area contributed by atoms with E-state index in [-0.39, 0.29) is 5.91 Å². The van der Waals surface area contributed by atoms with Gasteiger partial charge in [0.15, 0.2) is 0 Å². The lowest BCUT2D eigenvalue weighted by atomic mass is 9.84. The van der Waals surface area contributed by atoms with Crippen LogP contribution in [0.15, 0.2) is 41.8 Å². The van der Waals surface area contributed by atoms with E-state index in [0.717, 1.165) is 11.4 Å². The zero-order valence-corrected chi connectivity index (χ0v) is 16.1. The highest BCUT2D eigenvalue weighted by Gasteiger charge is 2.36. The number of carbonyl (C=O) groups excluding carboxylic acids is 1. The largest absolute Gasteiger partial charge is 0.333 e. The van der Waals surface area contributed by atoms with E-state index in [0.29, 0.717) is 6.42 Å². The molecule has 0 saturated heterocycles. The van der Waals surface area contributed by atoms with Crippen LogP contribution >= 0.6 is 11.3 Å². The van der Waals surface area contributed by atoms with E-state index in [9.17, 15) is 4.79 Å². The number of amides is 1. The van der Waals surface area contributed by atoms with Crippen LogP contribution < -0.4 is 10.6 Å². The molecule has 0 radical (unpaired) electrons. The Morgan fingerprint density at radius 3 is 2.33 bits per heavy atom. The molecule has 3 nitrogen and oxygen atoms in total. The molecular weight excluding hydrogens is 316 g/mol. The first-order chi connectivity index (χ1) is 11.3. The predicted octanol–water partition coefficient (Wildman–Crippen LogP) is 4.22. The molecular formula is C20H28N2OS. The number of nitrogens with one attached hydrogen (secondary N) is 2. The van der Waals surface area contributed by atoms with Gasteiger partial charge in [0.2, 0.25) is 5.91 Å². The third-order valence-corrected chi connectivity index (χ3v) is 5.55. The maximum absolute atomic E-state index is 13.0. The van der Waals surface area contributed by atoms with Crippen LogP contribution in [0.1, 0.15) is 43.7 Å². The van der Waals surface area contributed by atoms with Crippen molar-refractivity contribution in [3.63, 3.8) is 0 Å². The summed E-state index contributed by atoms with van der Waals surface area (Å²) in [5.41, 5.74) is 1.35. The smallest absolute Gasteiger partial charge is 0.227 e. The molecule has 1 amide bonds. The fraction of sp³-hybridized carbons (Fsp3) is 0.450. The number of carbonyl (C=O) groups is 1. The van der Waals surface area contributed by atoms with E-state index in [4.69, 9.17) is 0 Å². The Morgan fingerprint density at radius 2 is 1.79 bits per heavy atom. The van der Waals surface area contributed by atoms with Crippen LogP contribution in [-0.2, 0) is 16.9 Å². The van der Waals surface area contributed by atoms with E-state index in [1.165, 1.54) is 11.1 Å². The Bertz CT molecular complexity index is 678. The normalized spacial score (nSPS) is 14.2. The van der Waals surface area contributed by atoms with E-state index < -0.39 is 11.1 Å². The van der Waals surface area contributed by atoms with Gasteiger partial charge in [-0.05, 0) is 49.4 Å². The molecule has 130 valence electrons. The van der Waals surface area contributed by atoms with Crippen molar-refractivity contribution in [1.29, 1.82) is 0 Å². The molecule has 1 heterocycles. The molecule has 0 spiro atoms. The monoisotopic (exact) mass is 344 g/mol. The quantitative estimate of drug-likeness (QED) is 0.738. The maximum atomic E-state index is 13.0. The fourth-order valence-electron chi connectivity index (χ4n) is 3.00. The summed E-state index contributed by atoms with van der Waals surface area (Å²) in [6.45, 7) is 11.0. The van der Waals surface area contributed by atoms with Gasteiger partial charge in [-0.2, -0.15) is 0 Å². The molecule has 1 atom stereocenters. The Morgan fingerprint density at radius 1 is 1.12 bits per heavy atom. The van der Waals surface area contributed by atoms with Crippen molar-refractivity contribution in [1.82, 2.24) is 10.6 Å². The van der Waals surface area contributed by atoms with Gasteiger partial charge in [0.25, 0.3) is 0 Å². The predicted molar refractivity (Wildman–Crippen MR) is 102 cm³/mol. The molecule has 4 heteroatoms. The Labute approximate surface area is 149 Å². The van der Waals surface area contributed by atoms with Gasteiger partial charge in [-0.25, -0.2) is 0 Å². The maximum Gasteiger partial charge on any atom is 0.227 e. The molecule has 1 aromatic heterocycles. The highest BCUT2D eigenvalue weighted by atomic mass is 32.1. The molecule has 24 heavy (non-hydrogen) atoms. The Hall–Kier alpha value is -1.65. The Balaban J connectivity index is 2.19. The van der Waals surface area contributed by atoms with Crippen molar-refractivity contribution in [2.75, 3.05) is 6.54 Å². The van der Waals surface area contributed by atoms with Gasteiger partial charge in [0, 0.05) is 10.3 Å². The summed E-state index contributed by atoms with van der Waals surface area (Å²) in [4.78, 5) is 14.2. The van der Waals surface area contributed by atoms with E-state index >= 15 is 0 Å². The number of thiophene rings is 1. The first-order valence-corrected chi connectivity index (χ1v) is 9.32. The van der Waals surface area contributed by atoms with Gasteiger partial charge in [-0.15, -0.1) is 11.3 Å². The molecule has 0 aliphatic carbocycles. The minimum Gasteiger partial charge on any atom is -0.333 e. The second kappa shape index (κ2) is 7.49. The molecule has 0 bridgehead atoms. The fourth-order valence-corrected chi connectivity index (χ4v) is 4.02. The van der Waals surface area contributed by atoms with Crippen LogP contribution in [0.5, 0.6) is 0 Å². The Kier molecular flexibility index (Phi) is 5.83. The number of aryl methyl sites for hydroxylation is 1. The van der Waals surface area contributed by atoms with Crippen LogP contribution in [0, 0.1) is 12.3 Å². The summed E-state index contributed by atoms with van der Waals surface area (Å²) >= 11 is 1.68. The lowest BCUT2D eigenvalue weighted by Gasteiger charge is -2.35. The highest BCUT2D eigenvalue weighted by molar-refractivity contribution is 7.10. The van der Waals surface area contributed by atoms with Gasteiger partial charge >= 0.3 is 0 Å².